The third kappa shape index (κ3) is 1.77. The van der Waals surface area contributed by atoms with E-state index in [4.69, 9.17) is 5.73 Å². The van der Waals surface area contributed by atoms with Crippen molar-refractivity contribution >= 4 is 10.9 Å². The van der Waals surface area contributed by atoms with Gasteiger partial charge in [-0.25, -0.2) is 0 Å². The number of H-pyrrole nitrogens is 1. The SMILES string of the molecule is CC(C)(C)[C@@H](N)c1c[nH]c2ccccc12. The van der Waals surface area contributed by atoms with Gasteiger partial charge in [-0.05, 0) is 17.0 Å². The molecule has 2 nitrogen and oxygen atoms in total. The van der Waals surface area contributed by atoms with Crippen LogP contribution in [0.4, 0.5) is 0 Å². The molecule has 0 aliphatic carbocycles. The standard InChI is InChI=1S/C13H18N2/c1-13(2,3)12(14)10-8-15-11-7-5-4-6-9(10)11/h4-8,12,15H,14H2,1-3H3/t12-/m0/s1. The molecule has 1 aromatic heterocycles. The average molecular weight is 202 g/mol. The fourth-order valence-electron chi connectivity index (χ4n) is 1.82. The Morgan fingerprint density at radius 2 is 1.87 bits per heavy atom. The van der Waals surface area contributed by atoms with Gasteiger partial charge in [0, 0.05) is 23.1 Å². The van der Waals surface area contributed by atoms with Crippen molar-refractivity contribution in [1.29, 1.82) is 0 Å². The van der Waals surface area contributed by atoms with Crippen LogP contribution >= 0.6 is 0 Å². The highest BCUT2D eigenvalue weighted by molar-refractivity contribution is 5.83. The normalized spacial score (nSPS) is 14.4. The van der Waals surface area contributed by atoms with Gasteiger partial charge in [0.1, 0.15) is 0 Å². The smallest absolute Gasteiger partial charge is 0.0457 e. The minimum absolute atomic E-state index is 0.0636. The maximum atomic E-state index is 6.26. The molecule has 15 heavy (non-hydrogen) atoms. The van der Waals surface area contributed by atoms with Crippen molar-refractivity contribution in [2.45, 2.75) is 26.8 Å². The molecule has 80 valence electrons. The maximum Gasteiger partial charge on any atom is 0.0457 e. The number of hydrogen-bond donors (Lipinski definition) is 2. The number of fused-ring (bicyclic) bond motifs is 1. The zero-order valence-electron chi connectivity index (χ0n) is 9.54. The first kappa shape index (κ1) is 10.2. The molecule has 2 rings (SSSR count). The van der Waals surface area contributed by atoms with Crippen LogP contribution in [0.3, 0.4) is 0 Å². The van der Waals surface area contributed by atoms with E-state index in [-0.39, 0.29) is 11.5 Å². The van der Waals surface area contributed by atoms with Crippen molar-refractivity contribution in [3.63, 3.8) is 0 Å². The van der Waals surface area contributed by atoms with E-state index in [1.165, 1.54) is 10.9 Å². The number of para-hydroxylation sites is 1. The van der Waals surface area contributed by atoms with E-state index < -0.39 is 0 Å². The molecule has 0 fully saturated rings. The highest BCUT2D eigenvalue weighted by Gasteiger charge is 2.24. The number of nitrogens with one attached hydrogen (secondary N) is 1. The second kappa shape index (κ2) is 3.38. The van der Waals surface area contributed by atoms with E-state index in [0.717, 1.165) is 5.52 Å². The Labute approximate surface area is 90.5 Å². The Kier molecular flexibility index (Phi) is 2.31. The molecule has 0 aliphatic heterocycles. The Morgan fingerprint density at radius 1 is 1.20 bits per heavy atom. The Morgan fingerprint density at radius 3 is 2.53 bits per heavy atom. The van der Waals surface area contributed by atoms with Gasteiger partial charge in [-0.3, -0.25) is 0 Å². The Balaban J connectivity index is 2.53. The third-order valence-corrected chi connectivity index (χ3v) is 2.89. The lowest BCUT2D eigenvalue weighted by atomic mass is 9.83. The largest absolute Gasteiger partial charge is 0.361 e. The number of benzene rings is 1. The number of aromatic nitrogens is 1. The molecule has 0 bridgehead atoms. The lowest BCUT2D eigenvalue weighted by Gasteiger charge is -2.26. The molecule has 1 aromatic carbocycles. The van der Waals surface area contributed by atoms with Crippen LogP contribution in [-0.2, 0) is 0 Å². The summed E-state index contributed by atoms with van der Waals surface area (Å²) < 4.78 is 0. The summed E-state index contributed by atoms with van der Waals surface area (Å²) in [6.45, 7) is 6.50. The summed E-state index contributed by atoms with van der Waals surface area (Å²) in [6.07, 6.45) is 2.03. The topological polar surface area (TPSA) is 41.8 Å². The minimum atomic E-state index is 0.0636. The van der Waals surface area contributed by atoms with E-state index in [9.17, 15) is 0 Å². The molecule has 2 heteroatoms. The molecule has 0 saturated heterocycles. The summed E-state index contributed by atoms with van der Waals surface area (Å²) in [6, 6.07) is 8.34. The van der Waals surface area contributed by atoms with Gasteiger partial charge in [0.05, 0.1) is 0 Å². The van der Waals surface area contributed by atoms with Crippen molar-refractivity contribution in [1.82, 2.24) is 4.98 Å². The van der Waals surface area contributed by atoms with Crippen molar-refractivity contribution in [2.24, 2.45) is 11.1 Å². The number of aromatic amines is 1. The van der Waals surface area contributed by atoms with Gasteiger partial charge >= 0.3 is 0 Å². The van der Waals surface area contributed by atoms with Gasteiger partial charge in [0.25, 0.3) is 0 Å². The zero-order chi connectivity index (χ0) is 11.1. The monoisotopic (exact) mass is 202 g/mol. The summed E-state index contributed by atoms with van der Waals surface area (Å²) in [5, 5.41) is 1.24. The number of hydrogen-bond acceptors (Lipinski definition) is 1. The van der Waals surface area contributed by atoms with Gasteiger partial charge < -0.3 is 10.7 Å². The van der Waals surface area contributed by atoms with Crippen LogP contribution in [0.1, 0.15) is 32.4 Å². The fourth-order valence-corrected chi connectivity index (χ4v) is 1.82. The molecule has 0 radical (unpaired) electrons. The number of rotatable bonds is 1. The van der Waals surface area contributed by atoms with Crippen LogP contribution in [-0.4, -0.2) is 4.98 Å². The molecule has 0 unspecified atom stereocenters. The van der Waals surface area contributed by atoms with Gasteiger partial charge in [-0.1, -0.05) is 39.0 Å². The minimum Gasteiger partial charge on any atom is -0.361 e. The van der Waals surface area contributed by atoms with Gasteiger partial charge in [0.2, 0.25) is 0 Å². The van der Waals surface area contributed by atoms with Crippen molar-refractivity contribution in [3.05, 3.63) is 36.0 Å². The lowest BCUT2D eigenvalue weighted by molar-refractivity contribution is 0.328. The van der Waals surface area contributed by atoms with Crippen LogP contribution in [0, 0.1) is 5.41 Å². The lowest BCUT2D eigenvalue weighted by Crippen LogP contribution is -2.25. The maximum absolute atomic E-state index is 6.26. The molecule has 3 N–H and O–H groups in total. The van der Waals surface area contributed by atoms with Crippen LogP contribution in [0.25, 0.3) is 10.9 Å². The van der Waals surface area contributed by atoms with Crippen LogP contribution in [0.2, 0.25) is 0 Å². The van der Waals surface area contributed by atoms with E-state index >= 15 is 0 Å². The summed E-state index contributed by atoms with van der Waals surface area (Å²) >= 11 is 0. The van der Waals surface area contributed by atoms with Gasteiger partial charge in [0.15, 0.2) is 0 Å². The molecule has 0 spiro atoms. The van der Waals surface area contributed by atoms with Crippen molar-refractivity contribution in [3.8, 4) is 0 Å². The average Bonchev–Trinajstić information content (AvgIpc) is 2.58. The third-order valence-electron chi connectivity index (χ3n) is 2.89. The number of nitrogens with two attached hydrogens (primary N) is 1. The first-order valence-electron chi connectivity index (χ1n) is 5.32. The van der Waals surface area contributed by atoms with E-state index in [2.05, 4.69) is 44.0 Å². The van der Waals surface area contributed by atoms with Gasteiger partial charge in [-0.2, -0.15) is 0 Å². The molecule has 0 aliphatic rings. The van der Waals surface area contributed by atoms with E-state index in [1.807, 2.05) is 12.3 Å². The van der Waals surface area contributed by atoms with Crippen molar-refractivity contribution in [2.75, 3.05) is 0 Å². The summed E-state index contributed by atoms with van der Waals surface area (Å²) in [5.74, 6) is 0. The predicted octanol–water partition coefficient (Wildman–Crippen LogP) is 3.21. The molecule has 0 amide bonds. The first-order chi connectivity index (χ1) is 7.00. The molecular weight excluding hydrogens is 184 g/mol. The summed E-state index contributed by atoms with van der Waals surface area (Å²) in [7, 11) is 0. The Bertz CT molecular complexity index is 463. The molecule has 2 aromatic rings. The second-order valence-corrected chi connectivity index (χ2v) is 5.13. The molecule has 0 saturated carbocycles. The summed E-state index contributed by atoms with van der Waals surface area (Å²) in [4.78, 5) is 3.26. The van der Waals surface area contributed by atoms with E-state index in [1.54, 1.807) is 0 Å². The highest BCUT2D eigenvalue weighted by atomic mass is 14.7. The predicted molar refractivity (Wildman–Crippen MR) is 64.7 cm³/mol. The fraction of sp³-hybridized carbons (Fsp3) is 0.385. The summed E-state index contributed by atoms with van der Waals surface area (Å²) in [5.41, 5.74) is 8.72. The Hall–Kier alpha value is -1.28. The van der Waals surface area contributed by atoms with Crippen molar-refractivity contribution < 1.29 is 0 Å². The molecular formula is C13H18N2. The van der Waals surface area contributed by atoms with Gasteiger partial charge in [-0.15, -0.1) is 0 Å². The molecule has 1 heterocycles. The van der Waals surface area contributed by atoms with Crippen LogP contribution in [0.15, 0.2) is 30.5 Å². The zero-order valence-corrected chi connectivity index (χ0v) is 9.54. The quantitative estimate of drug-likeness (QED) is 0.732. The first-order valence-corrected chi connectivity index (χ1v) is 5.32. The molecule has 1 atom stereocenters. The van der Waals surface area contributed by atoms with Crippen LogP contribution in [0.5, 0.6) is 0 Å². The second-order valence-electron chi connectivity index (χ2n) is 5.13. The van der Waals surface area contributed by atoms with E-state index in [0.29, 0.717) is 0 Å². The van der Waals surface area contributed by atoms with Crippen LogP contribution < -0.4 is 5.73 Å². The highest BCUT2D eigenvalue weighted by Crippen LogP contribution is 2.34.